The third-order valence-electron chi connectivity index (χ3n) is 3.99. The van der Waals surface area contributed by atoms with E-state index in [1.807, 2.05) is 52.0 Å². The second-order valence-corrected chi connectivity index (χ2v) is 7.91. The molecule has 0 radical (unpaired) electrons. The number of hydrogen-bond donors (Lipinski definition) is 2. The molecule has 2 N–H and O–H groups in total. The quantitative estimate of drug-likeness (QED) is 0.731. The number of ether oxygens (including phenoxy) is 1. The average Bonchev–Trinajstić information content (AvgIpc) is 2.93. The van der Waals surface area contributed by atoms with Crippen LogP contribution in [0.2, 0.25) is 0 Å². The van der Waals surface area contributed by atoms with Crippen LogP contribution in [0.4, 0.5) is 9.80 Å². The summed E-state index contributed by atoms with van der Waals surface area (Å²) in [5.74, 6) is -0.474. The topological polar surface area (TPSA) is 67.4 Å². The fourth-order valence-electron chi connectivity index (χ4n) is 2.53. The predicted octanol–water partition coefficient (Wildman–Crippen LogP) is 4.93. The van der Waals surface area contributed by atoms with E-state index in [9.17, 15) is 9.59 Å². The number of anilines is 1. The lowest BCUT2D eigenvalue weighted by Gasteiger charge is -2.27. The third-order valence-corrected chi connectivity index (χ3v) is 4.96. The zero-order valence-electron chi connectivity index (χ0n) is 15.7. The van der Waals surface area contributed by atoms with Crippen molar-refractivity contribution in [3.8, 4) is 0 Å². The Bertz CT molecular complexity index is 852. The van der Waals surface area contributed by atoms with E-state index in [-0.39, 0.29) is 6.03 Å². The van der Waals surface area contributed by atoms with Crippen molar-refractivity contribution < 1.29 is 14.3 Å². The zero-order valence-corrected chi connectivity index (χ0v) is 16.5. The van der Waals surface area contributed by atoms with Gasteiger partial charge in [0.2, 0.25) is 0 Å². The number of allylic oxidation sites excluding steroid dienone is 1. The van der Waals surface area contributed by atoms with Crippen molar-refractivity contribution in [3.05, 3.63) is 58.5 Å². The third kappa shape index (κ3) is 4.52. The van der Waals surface area contributed by atoms with Crippen LogP contribution < -0.4 is 10.6 Å². The van der Waals surface area contributed by atoms with Crippen LogP contribution in [-0.4, -0.2) is 19.1 Å². The van der Waals surface area contributed by atoms with Crippen molar-refractivity contribution in [3.63, 3.8) is 0 Å². The van der Waals surface area contributed by atoms with Crippen LogP contribution in [0, 0.1) is 6.92 Å². The largest absolute Gasteiger partial charge is 0.465 e. The van der Waals surface area contributed by atoms with E-state index in [0.29, 0.717) is 10.6 Å². The summed E-state index contributed by atoms with van der Waals surface area (Å²) in [7, 11) is 1.32. The standard InChI is InChI=1S/C20H24N2O3S/c1-12(2)14-8-7-9-15(11-14)20(4,5)22-19(24)21-17-16(18(23)25-6)10-13(3)26-17/h7-11H,1H2,2-6H3,(H2,21,22,24). The second-order valence-electron chi connectivity index (χ2n) is 6.66. The first-order valence-corrected chi connectivity index (χ1v) is 9.00. The SMILES string of the molecule is C=C(C)c1cccc(C(C)(C)NC(=O)Nc2sc(C)cc2C(=O)OC)c1. The highest BCUT2D eigenvalue weighted by atomic mass is 32.1. The van der Waals surface area contributed by atoms with E-state index >= 15 is 0 Å². The summed E-state index contributed by atoms with van der Waals surface area (Å²) in [5.41, 5.74) is 2.70. The van der Waals surface area contributed by atoms with Crippen molar-refractivity contribution in [2.45, 2.75) is 33.2 Å². The normalized spacial score (nSPS) is 11.0. The number of nitrogens with one attached hydrogen (secondary N) is 2. The van der Waals surface area contributed by atoms with Gasteiger partial charge in [0.15, 0.2) is 0 Å². The molecule has 6 heteroatoms. The lowest BCUT2D eigenvalue weighted by atomic mass is 9.92. The predicted molar refractivity (Wildman–Crippen MR) is 107 cm³/mol. The molecule has 0 aliphatic rings. The molecular formula is C20H24N2O3S. The summed E-state index contributed by atoms with van der Waals surface area (Å²) >= 11 is 1.33. The van der Waals surface area contributed by atoms with Crippen molar-refractivity contribution in [2.75, 3.05) is 12.4 Å². The first kappa shape index (κ1) is 19.7. The Morgan fingerprint density at radius 3 is 2.54 bits per heavy atom. The molecule has 2 rings (SSSR count). The van der Waals surface area contributed by atoms with Gasteiger partial charge >= 0.3 is 12.0 Å². The first-order chi connectivity index (χ1) is 12.1. The lowest BCUT2D eigenvalue weighted by molar-refractivity contribution is 0.0602. The number of thiophene rings is 1. The second kappa shape index (κ2) is 7.74. The molecule has 0 atom stereocenters. The average molecular weight is 372 g/mol. The Morgan fingerprint density at radius 1 is 1.23 bits per heavy atom. The van der Waals surface area contributed by atoms with Gasteiger partial charge in [-0.15, -0.1) is 11.3 Å². The molecule has 0 saturated carbocycles. The lowest BCUT2D eigenvalue weighted by Crippen LogP contribution is -2.43. The summed E-state index contributed by atoms with van der Waals surface area (Å²) < 4.78 is 4.77. The number of hydrogen-bond acceptors (Lipinski definition) is 4. The number of esters is 1. The minimum Gasteiger partial charge on any atom is -0.465 e. The monoisotopic (exact) mass is 372 g/mol. The molecule has 0 fully saturated rings. The van der Waals surface area contributed by atoms with Gasteiger partial charge in [0, 0.05) is 4.88 Å². The van der Waals surface area contributed by atoms with Gasteiger partial charge in [-0.2, -0.15) is 0 Å². The summed E-state index contributed by atoms with van der Waals surface area (Å²) in [6, 6.07) is 9.22. The van der Waals surface area contributed by atoms with E-state index in [0.717, 1.165) is 21.6 Å². The molecule has 0 unspecified atom stereocenters. The number of carbonyl (C=O) groups excluding carboxylic acids is 2. The van der Waals surface area contributed by atoms with Gasteiger partial charge < -0.3 is 10.1 Å². The van der Waals surface area contributed by atoms with Gasteiger partial charge in [-0.05, 0) is 51.0 Å². The highest BCUT2D eigenvalue weighted by molar-refractivity contribution is 7.16. The summed E-state index contributed by atoms with van der Waals surface area (Å²) in [4.78, 5) is 25.3. The molecule has 5 nitrogen and oxygen atoms in total. The maximum Gasteiger partial charge on any atom is 0.340 e. The Balaban J connectivity index is 2.18. The molecule has 2 amide bonds. The minimum absolute atomic E-state index is 0.354. The molecule has 0 aliphatic heterocycles. The molecule has 1 aromatic heterocycles. The van der Waals surface area contributed by atoms with E-state index in [1.165, 1.54) is 18.4 Å². The molecule has 2 aromatic rings. The summed E-state index contributed by atoms with van der Waals surface area (Å²) in [6.07, 6.45) is 0. The van der Waals surface area contributed by atoms with Gasteiger partial charge in [-0.3, -0.25) is 5.32 Å². The van der Waals surface area contributed by atoms with E-state index in [1.54, 1.807) is 6.07 Å². The Kier molecular flexibility index (Phi) is 5.87. The van der Waals surface area contributed by atoms with Crippen LogP contribution in [0.1, 0.15) is 47.1 Å². The fourth-order valence-corrected chi connectivity index (χ4v) is 3.43. The number of carbonyl (C=O) groups is 2. The highest BCUT2D eigenvalue weighted by Crippen LogP contribution is 2.29. The Morgan fingerprint density at radius 2 is 1.92 bits per heavy atom. The zero-order chi connectivity index (χ0) is 19.5. The highest BCUT2D eigenvalue weighted by Gasteiger charge is 2.25. The number of benzene rings is 1. The van der Waals surface area contributed by atoms with Gasteiger partial charge in [-0.25, -0.2) is 9.59 Å². The van der Waals surface area contributed by atoms with E-state index in [4.69, 9.17) is 4.74 Å². The maximum absolute atomic E-state index is 12.5. The number of amides is 2. The molecule has 0 aliphatic carbocycles. The number of rotatable bonds is 5. The molecule has 1 aromatic carbocycles. The molecular weight excluding hydrogens is 348 g/mol. The van der Waals surface area contributed by atoms with Crippen LogP contribution in [0.25, 0.3) is 5.57 Å². The van der Waals surface area contributed by atoms with Crippen molar-refractivity contribution in [1.82, 2.24) is 5.32 Å². The fraction of sp³-hybridized carbons (Fsp3) is 0.300. The molecule has 138 valence electrons. The van der Waals surface area contributed by atoms with Crippen molar-refractivity contribution in [1.29, 1.82) is 0 Å². The van der Waals surface area contributed by atoms with E-state index < -0.39 is 11.5 Å². The van der Waals surface area contributed by atoms with E-state index in [2.05, 4.69) is 17.2 Å². The number of methoxy groups -OCH3 is 1. The smallest absolute Gasteiger partial charge is 0.340 e. The van der Waals surface area contributed by atoms with Crippen molar-refractivity contribution in [2.24, 2.45) is 0 Å². The summed E-state index contributed by atoms with van der Waals surface area (Å²) in [6.45, 7) is 11.6. The van der Waals surface area contributed by atoms with Crippen molar-refractivity contribution >= 4 is 33.9 Å². The molecule has 1 heterocycles. The van der Waals surface area contributed by atoms with Crippen LogP contribution in [-0.2, 0) is 10.3 Å². The van der Waals surface area contributed by atoms with Gasteiger partial charge in [0.25, 0.3) is 0 Å². The molecule has 26 heavy (non-hydrogen) atoms. The maximum atomic E-state index is 12.5. The van der Waals surface area contributed by atoms with Crippen LogP contribution >= 0.6 is 11.3 Å². The van der Waals surface area contributed by atoms with Crippen LogP contribution in [0.3, 0.4) is 0 Å². The van der Waals surface area contributed by atoms with Crippen LogP contribution in [0.15, 0.2) is 36.9 Å². The summed E-state index contributed by atoms with van der Waals surface area (Å²) in [5, 5.41) is 6.19. The Labute approximate surface area is 158 Å². The first-order valence-electron chi connectivity index (χ1n) is 8.18. The Hall–Kier alpha value is -2.60. The molecule has 0 bridgehead atoms. The number of urea groups is 1. The van der Waals surface area contributed by atoms with Gasteiger partial charge in [0.05, 0.1) is 18.2 Å². The van der Waals surface area contributed by atoms with Crippen LogP contribution in [0.5, 0.6) is 0 Å². The number of aryl methyl sites for hydroxylation is 1. The van der Waals surface area contributed by atoms with Gasteiger partial charge in [-0.1, -0.05) is 30.4 Å². The van der Waals surface area contributed by atoms with Gasteiger partial charge in [0.1, 0.15) is 5.00 Å². The molecule has 0 saturated heterocycles. The molecule has 0 spiro atoms. The minimum atomic E-state index is -0.604.